The van der Waals surface area contributed by atoms with E-state index in [0.717, 1.165) is 12.8 Å². The molecule has 2 aliphatic carbocycles. The molecule has 0 unspecified atom stereocenters. The molecular weight excluding hydrogens is 136 g/mol. The van der Waals surface area contributed by atoms with Crippen LogP contribution in [0.15, 0.2) is 0 Å². The van der Waals surface area contributed by atoms with Crippen LogP contribution in [0.3, 0.4) is 0 Å². The molecule has 2 saturated carbocycles. The second-order valence-corrected chi connectivity index (χ2v) is 3.40. The summed E-state index contributed by atoms with van der Waals surface area (Å²) < 4.78 is 25.3. The van der Waals surface area contributed by atoms with Crippen molar-refractivity contribution in [2.45, 2.75) is 31.2 Å². The molecule has 1 nitrogen and oxygen atoms in total. The van der Waals surface area contributed by atoms with Gasteiger partial charge in [0, 0.05) is 17.9 Å². The van der Waals surface area contributed by atoms with E-state index in [2.05, 4.69) is 0 Å². The summed E-state index contributed by atoms with van der Waals surface area (Å²) in [4.78, 5) is 0. The molecule has 2 aliphatic rings. The van der Waals surface area contributed by atoms with Crippen molar-refractivity contribution in [2.75, 3.05) is 0 Å². The SMILES string of the molecule is N[C@@H]1CCC[C@H]2[C@H]1C2(F)F. The minimum atomic E-state index is -2.41. The van der Waals surface area contributed by atoms with Crippen LogP contribution in [0.5, 0.6) is 0 Å². The van der Waals surface area contributed by atoms with Gasteiger partial charge in [0.1, 0.15) is 0 Å². The van der Waals surface area contributed by atoms with Crippen LogP contribution in [-0.4, -0.2) is 12.0 Å². The van der Waals surface area contributed by atoms with Gasteiger partial charge in [-0.05, 0) is 12.8 Å². The van der Waals surface area contributed by atoms with Crippen molar-refractivity contribution in [3.63, 3.8) is 0 Å². The Hall–Kier alpha value is -0.180. The van der Waals surface area contributed by atoms with Gasteiger partial charge >= 0.3 is 0 Å². The van der Waals surface area contributed by atoms with E-state index in [4.69, 9.17) is 5.73 Å². The molecule has 2 fully saturated rings. The van der Waals surface area contributed by atoms with E-state index in [1.165, 1.54) is 0 Å². The Bertz CT molecular complexity index is 158. The highest BCUT2D eigenvalue weighted by molar-refractivity contribution is 5.11. The number of alkyl halides is 2. The summed E-state index contributed by atoms with van der Waals surface area (Å²) in [5.41, 5.74) is 5.52. The summed E-state index contributed by atoms with van der Waals surface area (Å²) >= 11 is 0. The highest BCUT2D eigenvalue weighted by atomic mass is 19.3. The first-order chi connectivity index (χ1) is 4.64. The zero-order valence-corrected chi connectivity index (χ0v) is 5.69. The van der Waals surface area contributed by atoms with Gasteiger partial charge in [-0.25, -0.2) is 8.78 Å². The lowest BCUT2D eigenvalue weighted by Gasteiger charge is -2.13. The summed E-state index contributed by atoms with van der Waals surface area (Å²) in [6, 6.07) is -0.228. The Morgan fingerprint density at radius 1 is 1.30 bits per heavy atom. The Morgan fingerprint density at radius 3 is 2.50 bits per heavy atom. The molecule has 10 heavy (non-hydrogen) atoms. The quantitative estimate of drug-likeness (QED) is 0.550. The van der Waals surface area contributed by atoms with Gasteiger partial charge in [-0.1, -0.05) is 6.42 Å². The standard InChI is InChI=1S/C7H11F2N/c8-7(9)4-2-1-3-5(10)6(4)7/h4-6H,1-3,10H2/t4-,5+,6+/m0/s1. The van der Waals surface area contributed by atoms with Gasteiger partial charge in [0.2, 0.25) is 0 Å². The zero-order valence-electron chi connectivity index (χ0n) is 5.69. The van der Waals surface area contributed by atoms with E-state index in [1.54, 1.807) is 0 Å². The first-order valence-electron chi connectivity index (χ1n) is 3.77. The second-order valence-electron chi connectivity index (χ2n) is 3.40. The van der Waals surface area contributed by atoms with Crippen molar-refractivity contribution in [1.29, 1.82) is 0 Å². The van der Waals surface area contributed by atoms with Crippen molar-refractivity contribution in [3.05, 3.63) is 0 Å². The van der Waals surface area contributed by atoms with E-state index in [9.17, 15) is 8.78 Å². The third-order valence-corrected chi connectivity index (χ3v) is 2.78. The van der Waals surface area contributed by atoms with Crippen molar-refractivity contribution < 1.29 is 8.78 Å². The molecule has 0 aromatic heterocycles. The molecule has 0 amide bonds. The Kier molecular flexibility index (Phi) is 1.11. The highest BCUT2D eigenvalue weighted by Gasteiger charge is 2.70. The fourth-order valence-corrected chi connectivity index (χ4v) is 2.13. The number of hydrogen-bond acceptors (Lipinski definition) is 1. The van der Waals surface area contributed by atoms with E-state index in [-0.39, 0.29) is 12.0 Å². The number of fused-ring (bicyclic) bond motifs is 1. The lowest BCUT2D eigenvalue weighted by molar-refractivity contribution is 0.0828. The lowest BCUT2D eigenvalue weighted by Crippen LogP contribution is -2.27. The van der Waals surface area contributed by atoms with Crippen molar-refractivity contribution >= 4 is 0 Å². The molecule has 0 bridgehead atoms. The van der Waals surface area contributed by atoms with Crippen LogP contribution in [0.2, 0.25) is 0 Å². The van der Waals surface area contributed by atoms with E-state index in [1.807, 2.05) is 0 Å². The molecule has 0 heterocycles. The number of nitrogens with two attached hydrogens (primary N) is 1. The first kappa shape index (κ1) is 6.53. The third kappa shape index (κ3) is 0.641. The van der Waals surface area contributed by atoms with Gasteiger partial charge in [0.15, 0.2) is 0 Å². The van der Waals surface area contributed by atoms with Crippen LogP contribution < -0.4 is 5.73 Å². The molecule has 0 aromatic rings. The normalized spacial score (nSPS) is 50.1. The molecule has 3 atom stereocenters. The van der Waals surface area contributed by atoms with Gasteiger partial charge in [0.05, 0.1) is 0 Å². The fraction of sp³-hybridized carbons (Fsp3) is 1.00. The van der Waals surface area contributed by atoms with Crippen LogP contribution in [0, 0.1) is 11.8 Å². The van der Waals surface area contributed by atoms with Crippen LogP contribution in [0.25, 0.3) is 0 Å². The topological polar surface area (TPSA) is 26.0 Å². The average molecular weight is 147 g/mol. The molecule has 0 radical (unpaired) electrons. The van der Waals surface area contributed by atoms with Crippen molar-refractivity contribution in [2.24, 2.45) is 17.6 Å². The van der Waals surface area contributed by atoms with Gasteiger partial charge < -0.3 is 5.73 Å². The molecule has 2 rings (SSSR count). The minimum Gasteiger partial charge on any atom is -0.327 e. The van der Waals surface area contributed by atoms with Gasteiger partial charge in [-0.3, -0.25) is 0 Å². The molecule has 0 aromatic carbocycles. The smallest absolute Gasteiger partial charge is 0.256 e. The summed E-state index contributed by atoms with van der Waals surface area (Å²) in [7, 11) is 0. The third-order valence-electron chi connectivity index (χ3n) is 2.78. The number of rotatable bonds is 0. The van der Waals surface area contributed by atoms with Crippen LogP contribution in [-0.2, 0) is 0 Å². The maximum Gasteiger partial charge on any atom is 0.256 e. The summed E-state index contributed by atoms with van der Waals surface area (Å²) in [5, 5.41) is 0. The molecule has 2 N–H and O–H groups in total. The van der Waals surface area contributed by atoms with Crippen LogP contribution in [0.1, 0.15) is 19.3 Å². The first-order valence-corrected chi connectivity index (χ1v) is 3.77. The zero-order chi connectivity index (χ0) is 7.35. The minimum absolute atomic E-state index is 0.228. The van der Waals surface area contributed by atoms with E-state index < -0.39 is 11.8 Å². The Labute approximate surface area is 58.6 Å². The second kappa shape index (κ2) is 1.70. The average Bonchev–Trinajstić information content (AvgIpc) is 2.38. The van der Waals surface area contributed by atoms with Gasteiger partial charge in [-0.2, -0.15) is 0 Å². The van der Waals surface area contributed by atoms with Gasteiger partial charge in [0.25, 0.3) is 5.92 Å². The monoisotopic (exact) mass is 147 g/mol. The Morgan fingerprint density at radius 2 is 2.00 bits per heavy atom. The van der Waals surface area contributed by atoms with Crippen molar-refractivity contribution in [3.8, 4) is 0 Å². The fourth-order valence-electron chi connectivity index (χ4n) is 2.13. The Balaban J connectivity index is 2.11. The van der Waals surface area contributed by atoms with Crippen LogP contribution >= 0.6 is 0 Å². The predicted molar refractivity (Wildman–Crippen MR) is 33.8 cm³/mol. The summed E-state index contributed by atoms with van der Waals surface area (Å²) in [6.45, 7) is 0. The predicted octanol–water partition coefficient (Wildman–Crippen LogP) is 1.38. The largest absolute Gasteiger partial charge is 0.327 e. The maximum absolute atomic E-state index is 12.7. The highest BCUT2D eigenvalue weighted by Crippen LogP contribution is 2.61. The molecule has 58 valence electrons. The maximum atomic E-state index is 12.7. The lowest BCUT2D eigenvalue weighted by atomic mass is 9.96. The number of hydrogen-bond donors (Lipinski definition) is 1. The molecule has 0 saturated heterocycles. The summed E-state index contributed by atoms with van der Waals surface area (Å²) in [5.74, 6) is -3.24. The van der Waals surface area contributed by atoms with Gasteiger partial charge in [-0.15, -0.1) is 0 Å². The van der Waals surface area contributed by atoms with E-state index >= 15 is 0 Å². The molecule has 0 aliphatic heterocycles. The van der Waals surface area contributed by atoms with E-state index in [0.29, 0.717) is 6.42 Å². The molecular formula is C7H11F2N. The molecule has 3 heteroatoms. The van der Waals surface area contributed by atoms with Crippen molar-refractivity contribution in [1.82, 2.24) is 0 Å². The molecule has 0 spiro atoms. The summed E-state index contributed by atoms with van der Waals surface area (Å²) in [6.07, 6.45) is 2.36. The number of halogens is 2. The van der Waals surface area contributed by atoms with Crippen LogP contribution in [0.4, 0.5) is 8.78 Å².